The molecule has 1 aromatic carbocycles. The van der Waals surface area contributed by atoms with Crippen LogP contribution >= 0.6 is 0 Å². The number of rotatable bonds is 3. The van der Waals surface area contributed by atoms with Gasteiger partial charge in [0.15, 0.2) is 5.52 Å². The molecule has 6 heteroatoms. The van der Waals surface area contributed by atoms with Crippen LogP contribution < -0.4 is 10.3 Å². The number of hydrogen-bond donors (Lipinski definition) is 1. The van der Waals surface area contributed by atoms with Crippen molar-refractivity contribution in [3.63, 3.8) is 0 Å². The molecular formula is C15H16N4O2. The molecular weight excluding hydrogens is 268 g/mol. The maximum absolute atomic E-state index is 11.8. The average molecular weight is 284 g/mol. The van der Waals surface area contributed by atoms with Gasteiger partial charge in [-0.25, -0.2) is 5.10 Å². The number of nitrogens with zero attached hydrogens (tertiary/aromatic N) is 3. The molecule has 0 bridgehead atoms. The van der Waals surface area contributed by atoms with Gasteiger partial charge in [0.25, 0.3) is 5.56 Å². The predicted molar refractivity (Wildman–Crippen MR) is 79.7 cm³/mol. The van der Waals surface area contributed by atoms with Crippen LogP contribution in [0.25, 0.3) is 10.9 Å². The standard InChI is InChI=1S/C15H16N4O2/c1-9-13-10(2)19(18-14(13)15(20)17-16-9)8-11-4-6-12(21-3)7-5-11/h4-7H,8H2,1-3H3,(H,17,20). The molecule has 21 heavy (non-hydrogen) atoms. The van der Waals surface area contributed by atoms with Gasteiger partial charge in [-0.3, -0.25) is 9.48 Å². The first kappa shape index (κ1) is 13.4. The van der Waals surface area contributed by atoms with E-state index >= 15 is 0 Å². The van der Waals surface area contributed by atoms with Crippen LogP contribution in [-0.2, 0) is 6.54 Å². The fourth-order valence-electron chi connectivity index (χ4n) is 2.44. The van der Waals surface area contributed by atoms with Crippen molar-refractivity contribution in [3.05, 3.63) is 51.6 Å². The Morgan fingerprint density at radius 1 is 1.24 bits per heavy atom. The van der Waals surface area contributed by atoms with E-state index in [0.29, 0.717) is 12.1 Å². The van der Waals surface area contributed by atoms with Crippen LogP contribution in [0.3, 0.4) is 0 Å². The molecule has 108 valence electrons. The normalized spacial score (nSPS) is 11.0. The van der Waals surface area contributed by atoms with Crippen LogP contribution in [0.1, 0.15) is 17.0 Å². The third-order valence-corrected chi connectivity index (χ3v) is 3.60. The highest BCUT2D eigenvalue weighted by Crippen LogP contribution is 2.19. The van der Waals surface area contributed by atoms with Gasteiger partial charge in [0.2, 0.25) is 0 Å². The second-order valence-electron chi connectivity index (χ2n) is 4.95. The second kappa shape index (κ2) is 5.05. The van der Waals surface area contributed by atoms with Crippen molar-refractivity contribution >= 4 is 10.9 Å². The van der Waals surface area contributed by atoms with Crippen molar-refractivity contribution in [1.82, 2.24) is 20.0 Å². The quantitative estimate of drug-likeness (QED) is 0.796. The Balaban J connectivity index is 2.04. The summed E-state index contributed by atoms with van der Waals surface area (Å²) in [7, 11) is 1.64. The van der Waals surface area contributed by atoms with E-state index in [-0.39, 0.29) is 5.56 Å². The Kier molecular flexibility index (Phi) is 3.21. The summed E-state index contributed by atoms with van der Waals surface area (Å²) in [6.07, 6.45) is 0. The molecule has 0 saturated carbocycles. The molecule has 1 N–H and O–H groups in total. The third-order valence-electron chi connectivity index (χ3n) is 3.60. The lowest BCUT2D eigenvalue weighted by Gasteiger charge is -2.06. The Labute approximate surface area is 121 Å². The smallest absolute Gasteiger partial charge is 0.292 e. The van der Waals surface area contributed by atoms with Gasteiger partial charge in [-0.05, 0) is 31.5 Å². The van der Waals surface area contributed by atoms with Gasteiger partial charge in [0, 0.05) is 5.69 Å². The minimum Gasteiger partial charge on any atom is -0.497 e. The Bertz CT molecular complexity index is 846. The van der Waals surface area contributed by atoms with Gasteiger partial charge in [-0.15, -0.1) is 0 Å². The first-order valence-electron chi connectivity index (χ1n) is 6.65. The van der Waals surface area contributed by atoms with Crippen LogP contribution in [-0.4, -0.2) is 27.1 Å². The fourth-order valence-corrected chi connectivity index (χ4v) is 2.44. The number of aromatic nitrogens is 4. The van der Waals surface area contributed by atoms with Crippen molar-refractivity contribution < 1.29 is 4.74 Å². The largest absolute Gasteiger partial charge is 0.497 e. The van der Waals surface area contributed by atoms with Gasteiger partial charge in [0.05, 0.1) is 24.7 Å². The summed E-state index contributed by atoms with van der Waals surface area (Å²) in [4.78, 5) is 11.8. The van der Waals surface area contributed by atoms with Crippen LogP contribution in [0, 0.1) is 13.8 Å². The van der Waals surface area contributed by atoms with Gasteiger partial charge in [-0.2, -0.15) is 10.2 Å². The average Bonchev–Trinajstić information content (AvgIpc) is 2.82. The minimum atomic E-state index is -0.257. The highest BCUT2D eigenvalue weighted by molar-refractivity contribution is 5.82. The minimum absolute atomic E-state index is 0.257. The first-order chi connectivity index (χ1) is 10.1. The van der Waals surface area contributed by atoms with E-state index in [0.717, 1.165) is 28.1 Å². The van der Waals surface area contributed by atoms with Crippen LogP contribution in [0.2, 0.25) is 0 Å². The second-order valence-corrected chi connectivity index (χ2v) is 4.95. The summed E-state index contributed by atoms with van der Waals surface area (Å²) in [6, 6.07) is 7.79. The summed E-state index contributed by atoms with van der Waals surface area (Å²) in [5, 5.41) is 11.7. The Morgan fingerprint density at radius 3 is 2.57 bits per heavy atom. The van der Waals surface area contributed by atoms with E-state index in [1.165, 1.54) is 0 Å². The maximum Gasteiger partial charge on any atom is 0.292 e. The Hall–Kier alpha value is -2.63. The maximum atomic E-state index is 11.8. The number of benzene rings is 1. The van der Waals surface area contributed by atoms with E-state index in [9.17, 15) is 4.79 Å². The number of ether oxygens (including phenoxy) is 1. The van der Waals surface area contributed by atoms with E-state index < -0.39 is 0 Å². The predicted octanol–water partition coefficient (Wildman–Crippen LogP) is 1.79. The SMILES string of the molecule is COc1ccc(Cn2nc3c(=O)[nH]nc(C)c3c2C)cc1. The molecule has 0 aliphatic heterocycles. The lowest BCUT2D eigenvalue weighted by Crippen LogP contribution is -2.09. The number of hydrogen-bond acceptors (Lipinski definition) is 4. The summed E-state index contributed by atoms with van der Waals surface area (Å²) >= 11 is 0. The van der Waals surface area contributed by atoms with Crippen molar-refractivity contribution in [2.24, 2.45) is 0 Å². The molecule has 0 atom stereocenters. The van der Waals surface area contributed by atoms with E-state index in [2.05, 4.69) is 15.3 Å². The van der Waals surface area contributed by atoms with Crippen molar-refractivity contribution in [2.75, 3.05) is 7.11 Å². The van der Waals surface area contributed by atoms with E-state index in [1.54, 1.807) is 7.11 Å². The topological polar surface area (TPSA) is 72.8 Å². The molecule has 0 fully saturated rings. The molecule has 0 amide bonds. The highest BCUT2D eigenvalue weighted by Gasteiger charge is 2.13. The van der Waals surface area contributed by atoms with Gasteiger partial charge < -0.3 is 4.74 Å². The zero-order valence-corrected chi connectivity index (χ0v) is 12.2. The lowest BCUT2D eigenvalue weighted by molar-refractivity contribution is 0.414. The number of nitrogens with one attached hydrogen (secondary N) is 1. The van der Waals surface area contributed by atoms with Crippen molar-refractivity contribution in [2.45, 2.75) is 20.4 Å². The molecule has 6 nitrogen and oxygen atoms in total. The molecule has 0 saturated heterocycles. The first-order valence-corrected chi connectivity index (χ1v) is 6.65. The zero-order chi connectivity index (χ0) is 15.0. The summed E-state index contributed by atoms with van der Waals surface area (Å²) in [5.41, 5.74) is 2.99. The molecule has 0 aliphatic rings. The van der Waals surface area contributed by atoms with E-state index in [4.69, 9.17) is 4.74 Å². The number of methoxy groups -OCH3 is 1. The summed E-state index contributed by atoms with van der Waals surface area (Å²) < 4.78 is 6.98. The molecule has 2 heterocycles. The molecule has 0 spiro atoms. The monoisotopic (exact) mass is 284 g/mol. The molecule has 3 rings (SSSR count). The van der Waals surface area contributed by atoms with Gasteiger partial charge >= 0.3 is 0 Å². The van der Waals surface area contributed by atoms with Gasteiger partial charge in [0.1, 0.15) is 5.75 Å². The molecule has 2 aromatic heterocycles. The van der Waals surface area contributed by atoms with E-state index in [1.807, 2.05) is 42.8 Å². The van der Waals surface area contributed by atoms with Crippen molar-refractivity contribution in [1.29, 1.82) is 0 Å². The fraction of sp³-hybridized carbons (Fsp3) is 0.267. The summed E-state index contributed by atoms with van der Waals surface area (Å²) in [5.74, 6) is 0.817. The Morgan fingerprint density at radius 2 is 1.95 bits per heavy atom. The highest BCUT2D eigenvalue weighted by atomic mass is 16.5. The number of H-pyrrole nitrogens is 1. The molecule has 0 unspecified atom stereocenters. The molecule has 0 radical (unpaired) electrons. The number of aromatic amines is 1. The molecule has 3 aromatic rings. The third kappa shape index (κ3) is 2.29. The number of fused-ring (bicyclic) bond motifs is 1. The van der Waals surface area contributed by atoms with Crippen LogP contribution in [0.4, 0.5) is 0 Å². The van der Waals surface area contributed by atoms with Crippen molar-refractivity contribution in [3.8, 4) is 5.75 Å². The summed E-state index contributed by atoms with van der Waals surface area (Å²) in [6.45, 7) is 4.42. The molecule has 0 aliphatic carbocycles. The van der Waals surface area contributed by atoms with Gasteiger partial charge in [-0.1, -0.05) is 12.1 Å². The zero-order valence-electron chi connectivity index (χ0n) is 12.2. The lowest BCUT2D eigenvalue weighted by atomic mass is 10.2. The van der Waals surface area contributed by atoms with Crippen LogP contribution in [0.15, 0.2) is 29.1 Å². The number of aryl methyl sites for hydroxylation is 2. The van der Waals surface area contributed by atoms with Crippen LogP contribution in [0.5, 0.6) is 5.75 Å².